The van der Waals surface area contributed by atoms with Crippen molar-refractivity contribution in [1.82, 2.24) is 4.31 Å². The van der Waals surface area contributed by atoms with Crippen LogP contribution >= 0.6 is 0 Å². The summed E-state index contributed by atoms with van der Waals surface area (Å²) >= 11 is 0. The Morgan fingerprint density at radius 2 is 2.21 bits per heavy atom. The standard InChI is InChI=1S/C12H17FN2O3S/c1-9-3-2-6-15(8-9)19(17,18)14-11-7-10(13)4-5-12(11)16/h4-5,7,9,14,16H,2-3,6,8H2,1H3. The van der Waals surface area contributed by atoms with E-state index in [2.05, 4.69) is 4.72 Å². The SMILES string of the molecule is CC1CCCN(S(=O)(=O)Nc2cc(F)ccc2O)C1. The van der Waals surface area contributed by atoms with E-state index in [4.69, 9.17) is 0 Å². The van der Waals surface area contributed by atoms with Gasteiger partial charge in [-0.3, -0.25) is 4.72 Å². The minimum atomic E-state index is -3.75. The zero-order valence-electron chi connectivity index (χ0n) is 10.6. The molecule has 2 rings (SSSR count). The lowest BCUT2D eigenvalue weighted by molar-refractivity contribution is 0.282. The molecule has 0 radical (unpaired) electrons. The van der Waals surface area contributed by atoms with E-state index in [0.29, 0.717) is 19.0 Å². The molecule has 106 valence electrons. The average Bonchev–Trinajstić information content (AvgIpc) is 2.33. The van der Waals surface area contributed by atoms with E-state index in [-0.39, 0.29) is 11.4 Å². The molecule has 7 heteroatoms. The number of piperidine rings is 1. The second-order valence-corrected chi connectivity index (χ2v) is 6.54. The number of nitrogens with zero attached hydrogens (tertiary/aromatic N) is 1. The van der Waals surface area contributed by atoms with E-state index in [1.807, 2.05) is 6.92 Å². The van der Waals surface area contributed by atoms with Crippen LogP contribution in [0.25, 0.3) is 0 Å². The second kappa shape index (κ2) is 5.34. The summed E-state index contributed by atoms with van der Waals surface area (Å²) in [6.07, 6.45) is 1.80. The highest BCUT2D eigenvalue weighted by Gasteiger charge is 2.27. The zero-order chi connectivity index (χ0) is 14.0. The fourth-order valence-electron chi connectivity index (χ4n) is 2.16. The number of nitrogens with one attached hydrogen (secondary N) is 1. The number of hydrogen-bond donors (Lipinski definition) is 2. The Labute approximate surface area is 112 Å². The number of benzene rings is 1. The molecule has 1 heterocycles. The predicted molar refractivity (Wildman–Crippen MR) is 70.6 cm³/mol. The molecule has 19 heavy (non-hydrogen) atoms. The Kier molecular flexibility index (Phi) is 3.96. The molecule has 1 fully saturated rings. The maximum Gasteiger partial charge on any atom is 0.301 e. The van der Waals surface area contributed by atoms with E-state index in [1.54, 1.807) is 0 Å². The summed E-state index contributed by atoms with van der Waals surface area (Å²) in [5.74, 6) is -0.607. The number of hydrogen-bond acceptors (Lipinski definition) is 3. The molecule has 1 aliphatic heterocycles. The molecule has 0 aromatic heterocycles. The molecule has 5 nitrogen and oxygen atoms in total. The van der Waals surface area contributed by atoms with Gasteiger partial charge in [-0.1, -0.05) is 6.92 Å². The highest BCUT2D eigenvalue weighted by Crippen LogP contribution is 2.26. The van der Waals surface area contributed by atoms with Gasteiger partial charge in [0.1, 0.15) is 11.6 Å². The van der Waals surface area contributed by atoms with Crippen LogP contribution in [0.5, 0.6) is 5.75 Å². The molecule has 1 atom stereocenters. The Balaban J connectivity index is 2.18. The van der Waals surface area contributed by atoms with Gasteiger partial charge in [-0.15, -0.1) is 0 Å². The molecule has 0 aliphatic carbocycles. The molecule has 0 spiro atoms. The van der Waals surface area contributed by atoms with Crippen LogP contribution in [-0.2, 0) is 10.2 Å². The van der Waals surface area contributed by atoms with Crippen LogP contribution in [0.15, 0.2) is 18.2 Å². The van der Waals surface area contributed by atoms with Crippen LogP contribution in [0, 0.1) is 11.7 Å². The van der Waals surface area contributed by atoms with Crippen LogP contribution in [0.1, 0.15) is 19.8 Å². The maximum atomic E-state index is 13.1. The lowest BCUT2D eigenvalue weighted by atomic mass is 10.0. The highest BCUT2D eigenvalue weighted by molar-refractivity contribution is 7.90. The number of phenolic OH excluding ortho intramolecular Hbond substituents is 1. The Morgan fingerprint density at radius 3 is 2.89 bits per heavy atom. The minimum Gasteiger partial charge on any atom is -0.506 e. The molecule has 2 N–H and O–H groups in total. The van der Waals surface area contributed by atoms with Crippen LogP contribution in [-0.4, -0.2) is 30.9 Å². The first kappa shape index (κ1) is 14.1. The van der Waals surface area contributed by atoms with Crippen molar-refractivity contribution in [3.05, 3.63) is 24.0 Å². The quantitative estimate of drug-likeness (QED) is 0.835. The summed E-state index contributed by atoms with van der Waals surface area (Å²) in [5.41, 5.74) is -0.141. The Morgan fingerprint density at radius 1 is 1.47 bits per heavy atom. The van der Waals surface area contributed by atoms with Crippen molar-refractivity contribution in [2.45, 2.75) is 19.8 Å². The topological polar surface area (TPSA) is 69.6 Å². The van der Waals surface area contributed by atoms with E-state index in [0.717, 1.165) is 31.0 Å². The van der Waals surface area contributed by atoms with E-state index >= 15 is 0 Å². The van der Waals surface area contributed by atoms with Crippen LogP contribution < -0.4 is 4.72 Å². The molecule has 1 aromatic rings. The number of aromatic hydroxyl groups is 1. The van der Waals surface area contributed by atoms with Crippen molar-refractivity contribution in [1.29, 1.82) is 0 Å². The predicted octanol–water partition coefficient (Wildman–Crippen LogP) is 1.92. The summed E-state index contributed by atoms with van der Waals surface area (Å²) in [6, 6.07) is 3.14. The average molecular weight is 288 g/mol. The third-order valence-corrected chi connectivity index (χ3v) is 4.65. The van der Waals surface area contributed by atoms with E-state index in [1.165, 1.54) is 4.31 Å². The molecule has 0 amide bonds. The van der Waals surface area contributed by atoms with Gasteiger partial charge in [0.15, 0.2) is 0 Å². The minimum absolute atomic E-state index is 0.141. The lowest BCUT2D eigenvalue weighted by Crippen LogP contribution is -2.42. The first-order chi connectivity index (χ1) is 8.88. The van der Waals surface area contributed by atoms with Gasteiger partial charge < -0.3 is 5.11 Å². The normalized spacial score (nSPS) is 21.3. The van der Waals surface area contributed by atoms with E-state index < -0.39 is 16.0 Å². The van der Waals surface area contributed by atoms with Gasteiger partial charge >= 0.3 is 10.2 Å². The van der Waals surface area contributed by atoms with Gasteiger partial charge in [-0.05, 0) is 30.9 Å². The van der Waals surface area contributed by atoms with E-state index in [9.17, 15) is 17.9 Å². The summed E-state index contributed by atoms with van der Waals surface area (Å²) in [6.45, 7) is 2.86. The third kappa shape index (κ3) is 3.36. The van der Waals surface area contributed by atoms with Crippen molar-refractivity contribution in [3.63, 3.8) is 0 Å². The van der Waals surface area contributed by atoms with Crippen molar-refractivity contribution < 1.29 is 17.9 Å². The first-order valence-corrected chi connectivity index (χ1v) is 7.59. The first-order valence-electron chi connectivity index (χ1n) is 6.15. The van der Waals surface area contributed by atoms with Gasteiger partial charge in [0, 0.05) is 19.2 Å². The molecule has 1 saturated heterocycles. The summed E-state index contributed by atoms with van der Waals surface area (Å²) < 4.78 is 40.9. The second-order valence-electron chi connectivity index (χ2n) is 4.87. The third-order valence-electron chi connectivity index (χ3n) is 3.16. The molecular weight excluding hydrogens is 271 g/mol. The van der Waals surface area contributed by atoms with Gasteiger partial charge in [0.2, 0.25) is 0 Å². The van der Waals surface area contributed by atoms with Crippen molar-refractivity contribution in [2.24, 2.45) is 5.92 Å². The molecule has 1 unspecified atom stereocenters. The molecule has 0 bridgehead atoms. The van der Waals surface area contributed by atoms with Crippen molar-refractivity contribution >= 4 is 15.9 Å². The number of rotatable bonds is 3. The van der Waals surface area contributed by atoms with Gasteiger partial charge in [-0.2, -0.15) is 12.7 Å². The summed E-state index contributed by atoms with van der Waals surface area (Å²) in [5, 5.41) is 9.54. The Bertz CT molecular complexity index is 562. The molecule has 0 saturated carbocycles. The lowest BCUT2D eigenvalue weighted by Gasteiger charge is -2.30. The number of anilines is 1. The van der Waals surface area contributed by atoms with Gasteiger partial charge in [0.25, 0.3) is 0 Å². The fraction of sp³-hybridized carbons (Fsp3) is 0.500. The number of halogens is 1. The van der Waals surface area contributed by atoms with Crippen molar-refractivity contribution in [3.8, 4) is 5.75 Å². The monoisotopic (exact) mass is 288 g/mol. The largest absolute Gasteiger partial charge is 0.506 e. The summed E-state index contributed by atoms with van der Waals surface area (Å²) in [7, 11) is -3.75. The highest BCUT2D eigenvalue weighted by atomic mass is 32.2. The van der Waals surface area contributed by atoms with Gasteiger partial charge in [0.05, 0.1) is 5.69 Å². The zero-order valence-corrected chi connectivity index (χ0v) is 11.5. The van der Waals surface area contributed by atoms with Crippen LogP contribution in [0.3, 0.4) is 0 Å². The molecule has 1 aliphatic rings. The van der Waals surface area contributed by atoms with Gasteiger partial charge in [-0.25, -0.2) is 4.39 Å². The smallest absolute Gasteiger partial charge is 0.301 e. The summed E-state index contributed by atoms with van der Waals surface area (Å²) in [4.78, 5) is 0. The molecular formula is C12H17FN2O3S. The Hall–Kier alpha value is -1.34. The maximum absolute atomic E-state index is 13.1. The number of phenols is 1. The molecule has 1 aromatic carbocycles. The van der Waals surface area contributed by atoms with Crippen molar-refractivity contribution in [2.75, 3.05) is 17.8 Å². The van der Waals surface area contributed by atoms with Crippen LogP contribution in [0.2, 0.25) is 0 Å². The van der Waals surface area contributed by atoms with Crippen LogP contribution in [0.4, 0.5) is 10.1 Å². The fourth-order valence-corrected chi connectivity index (χ4v) is 3.55.